The number of carbonyl (C=O) groups excluding carboxylic acids is 1. The smallest absolute Gasteiger partial charge is 0.324 e. The zero-order valence-electron chi connectivity index (χ0n) is 10.4. The molecule has 0 bridgehead atoms. The molecule has 17 heavy (non-hydrogen) atoms. The standard InChI is InChI=1S/C9H18N2O5S/c1-10(2)17(13,14)11-6-7(15-3)5-8(11)9(12)16-4/h7-8H,5-6H2,1-4H3/t7-,8-/m1/s1. The molecule has 1 rings (SSSR count). The van der Waals surface area contributed by atoms with E-state index in [0.29, 0.717) is 6.42 Å². The summed E-state index contributed by atoms with van der Waals surface area (Å²) in [7, 11) is 1.93. The zero-order valence-corrected chi connectivity index (χ0v) is 11.2. The van der Waals surface area contributed by atoms with Gasteiger partial charge in [-0.05, 0) is 0 Å². The number of hydrogen-bond acceptors (Lipinski definition) is 5. The summed E-state index contributed by atoms with van der Waals surface area (Å²) >= 11 is 0. The van der Waals surface area contributed by atoms with Gasteiger partial charge >= 0.3 is 5.97 Å². The minimum Gasteiger partial charge on any atom is -0.468 e. The fourth-order valence-corrected chi connectivity index (χ4v) is 3.02. The fourth-order valence-electron chi connectivity index (χ4n) is 1.75. The van der Waals surface area contributed by atoms with E-state index < -0.39 is 22.2 Å². The summed E-state index contributed by atoms with van der Waals surface area (Å²) in [6, 6.07) is -0.808. The Bertz CT molecular complexity index is 381. The Kier molecular flexibility index (Phi) is 4.48. The highest BCUT2D eigenvalue weighted by Crippen LogP contribution is 2.25. The van der Waals surface area contributed by atoms with Crippen molar-refractivity contribution in [3.63, 3.8) is 0 Å². The summed E-state index contributed by atoms with van der Waals surface area (Å²) < 4.78 is 35.9. The van der Waals surface area contributed by atoms with Crippen molar-refractivity contribution in [3.05, 3.63) is 0 Å². The quantitative estimate of drug-likeness (QED) is 0.614. The molecule has 0 amide bonds. The lowest BCUT2D eigenvalue weighted by Crippen LogP contribution is -2.46. The third kappa shape index (κ3) is 2.76. The maximum atomic E-state index is 12.0. The second kappa shape index (κ2) is 5.30. The minimum absolute atomic E-state index is 0.163. The van der Waals surface area contributed by atoms with Crippen LogP contribution < -0.4 is 0 Å². The van der Waals surface area contributed by atoms with Crippen LogP contribution >= 0.6 is 0 Å². The second-order valence-electron chi connectivity index (χ2n) is 3.99. The summed E-state index contributed by atoms with van der Waals surface area (Å²) in [5.41, 5.74) is 0. The van der Waals surface area contributed by atoms with E-state index >= 15 is 0 Å². The lowest BCUT2D eigenvalue weighted by atomic mass is 10.2. The molecular weight excluding hydrogens is 248 g/mol. The van der Waals surface area contributed by atoms with Crippen LogP contribution in [0.15, 0.2) is 0 Å². The van der Waals surface area contributed by atoms with E-state index in [-0.39, 0.29) is 12.6 Å². The topological polar surface area (TPSA) is 76.1 Å². The molecule has 1 heterocycles. The minimum atomic E-state index is -3.64. The average molecular weight is 266 g/mol. The van der Waals surface area contributed by atoms with Crippen LogP contribution in [-0.2, 0) is 24.5 Å². The number of methoxy groups -OCH3 is 2. The molecule has 1 aliphatic heterocycles. The maximum Gasteiger partial charge on any atom is 0.324 e. The molecule has 2 atom stereocenters. The molecule has 0 N–H and O–H groups in total. The number of esters is 1. The number of carbonyl (C=O) groups is 1. The Morgan fingerprint density at radius 3 is 2.35 bits per heavy atom. The van der Waals surface area contributed by atoms with Gasteiger partial charge < -0.3 is 9.47 Å². The van der Waals surface area contributed by atoms with Crippen LogP contribution in [0.25, 0.3) is 0 Å². The lowest BCUT2D eigenvalue weighted by molar-refractivity contribution is -0.144. The molecule has 0 spiro atoms. The van der Waals surface area contributed by atoms with Crippen molar-refractivity contribution in [1.29, 1.82) is 0 Å². The van der Waals surface area contributed by atoms with E-state index in [1.807, 2.05) is 0 Å². The molecule has 0 aromatic carbocycles. The second-order valence-corrected chi connectivity index (χ2v) is 6.09. The zero-order chi connectivity index (χ0) is 13.2. The normalized spacial score (nSPS) is 26.4. The van der Waals surface area contributed by atoms with Gasteiger partial charge in [0.05, 0.1) is 13.2 Å². The van der Waals surface area contributed by atoms with Crippen LogP contribution in [0.2, 0.25) is 0 Å². The first-order valence-corrected chi connectivity index (χ1v) is 6.54. The van der Waals surface area contributed by atoms with Crippen LogP contribution in [-0.4, -0.2) is 70.0 Å². The molecule has 0 aromatic rings. The van der Waals surface area contributed by atoms with Crippen molar-refractivity contribution in [3.8, 4) is 0 Å². The van der Waals surface area contributed by atoms with Gasteiger partial charge in [0, 0.05) is 34.2 Å². The largest absolute Gasteiger partial charge is 0.468 e. The SMILES string of the molecule is COC(=O)[C@H]1C[C@@H](OC)CN1S(=O)(=O)N(C)C. The molecular formula is C9H18N2O5S. The van der Waals surface area contributed by atoms with E-state index in [4.69, 9.17) is 4.74 Å². The molecule has 0 radical (unpaired) electrons. The lowest BCUT2D eigenvalue weighted by Gasteiger charge is -2.24. The van der Waals surface area contributed by atoms with Crippen LogP contribution in [0.4, 0.5) is 0 Å². The van der Waals surface area contributed by atoms with Gasteiger partial charge in [-0.25, -0.2) is 0 Å². The molecule has 0 aromatic heterocycles. The van der Waals surface area contributed by atoms with E-state index in [0.717, 1.165) is 8.61 Å². The predicted octanol–water partition coefficient (Wildman–Crippen LogP) is -0.945. The molecule has 0 unspecified atom stereocenters. The Morgan fingerprint density at radius 2 is 1.94 bits per heavy atom. The third-order valence-electron chi connectivity index (χ3n) is 2.78. The van der Waals surface area contributed by atoms with Gasteiger partial charge in [-0.2, -0.15) is 17.0 Å². The number of hydrogen-bond donors (Lipinski definition) is 0. The van der Waals surface area contributed by atoms with Gasteiger partial charge in [0.2, 0.25) is 0 Å². The van der Waals surface area contributed by atoms with E-state index in [2.05, 4.69) is 4.74 Å². The molecule has 100 valence electrons. The Hall–Kier alpha value is -0.700. The van der Waals surface area contributed by atoms with Gasteiger partial charge in [-0.1, -0.05) is 0 Å². The summed E-state index contributed by atoms with van der Waals surface area (Å²) in [6.07, 6.45) is 0.0322. The molecule has 0 aliphatic carbocycles. The van der Waals surface area contributed by atoms with Crippen LogP contribution in [0.5, 0.6) is 0 Å². The van der Waals surface area contributed by atoms with Crippen molar-refractivity contribution >= 4 is 16.2 Å². The van der Waals surface area contributed by atoms with Gasteiger partial charge in [-0.15, -0.1) is 0 Å². The average Bonchev–Trinajstić information content (AvgIpc) is 2.72. The number of nitrogens with zero attached hydrogens (tertiary/aromatic N) is 2. The van der Waals surface area contributed by atoms with Crippen molar-refractivity contribution in [2.45, 2.75) is 18.6 Å². The Morgan fingerprint density at radius 1 is 1.35 bits per heavy atom. The van der Waals surface area contributed by atoms with Crippen molar-refractivity contribution in [2.24, 2.45) is 0 Å². The molecule has 8 heteroatoms. The molecule has 7 nitrogen and oxygen atoms in total. The third-order valence-corrected chi connectivity index (χ3v) is 4.70. The van der Waals surface area contributed by atoms with Gasteiger partial charge in [0.15, 0.2) is 0 Å². The van der Waals surface area contributed by atoms with E-state index in [1.165, 1.54) is 28.3 Å². The van der Waals surface area contributed by atoms with Crippen LogP contribution in [0, 0.1) is 0 Å². The van der Waals surface area contributed by atoms with Gasteiger partial charge in [0.1, 0.15) is 6.04 Å². The van der Waals surface area contributed by atoms with Crippen molar-refractivity contribution in [1.82, 2.24) is 8.61 Å². The molecule has 1 saturated heterocycles. The number of rotatable bonds is 4. The van der Waals surface area contributed by atoms with E-state index in [9.17, 15) is 13.2 Å². The highest BCUT2D eigenvalue weighted by molar-refractivity contribution is 7.86. The first-order valence-electron chi connectivity index (χ1n) is 5.14. The van der Waals surface area contributed by atoms with Crippen LogP contribution in [0.3, 0.4) is 0 Å². The maximum absolute atomic E-state index is 12.0. The number of ether oxygens (including phenoxy) is 2. The fraction of sp³-hybridized carbons (Fsp3) is 0.889. The summed E-state index contributed by atoms with van der Waals surface area (Å²) in [4.78, 5) is 11.6. The molecule has 0 saturated carbocycles. The summed E-state index contributed by atoms with van der Waals surface area (Å²) in [5.74, 6) is -0.560. The first-order chi connectivity index (χ1) is 7.84. The van der Waals surface area contributed by atoms with Gasteiger partial charge in [-0.3, -0.25) is 4.79 Å². The first kappa shape index (κ1) is 14.4. The monoisotopic (exact) mass is 266 g/mol. The molecule has 1 fully saturated rings. The Labute approximate surface area is 101 Å². The van der Waals surface area contributed by atoms with Gasteiger partial charge in [0.25, 0.3) is 10.2 Å². The van der Waals surface area contributed by atoms with Crippen LogP contribution in [0.1, 0.15) is 6.42 Å². The summed E-state index contributed by atoms with van der Waals surface area (Å²) in [5, 5.41) is 0. The highest BCUT2D eigenvalue weighted by Gasteiger charge is 2.45. The van der Waals surface area contributed by atoms with E-state index in [1.54, 1.807) is 0 Å². The predicted molar refractivity (Wildman–Crippen MR) is 60.5 cm³/mol. The highest BCUT2D eigenvalue weighted by atomic mass is 32.2. The van der Waals surface area contributed by atoms with Crippen molar-refractivity contribution in [2.75, 3.05) is 34.9 Å². The summed E-state index contributed by atoms with van der Waals surface area (Å²) in [6.45, 7) is 0.163. The van der Waals surface area contributed by atoms with Crippen molar-refractivity contribution < 1.29 is 22.7 Å². The molecule has 1 aliphatic rings. The Balaban J connectivity index is 2.99.